The van der Waals surface area contributed by atoms with Gasteiger partial charge in [-0.3, -0.25) is 4.79 Å². The molecular formula is C22H29NO6. The molecule has 2 N–H and O–H groups in total. The van der Waals surface area contributed by atoms with Gasteiger partial charge >= 0.3 is 0 Å². The third-order valence-corrected chi connectivity index (χ3v) is 4.43. The van der Waals surface area contributed by atoms with Crippen molar-refractivity contribution in [3.63, 3.8) is 0 Å². The molecule has 0 bridgehead atoms. The van der Waals surface area contributed by atoms with Crippen LogP contribution in [0.2, 0.25) is 0 Å². The molecule has 0 heterocycles. The van der Waals surface area contributed by atoms with Crippen molar-refractivity contribution in [2.24, 2.45) is 0 Å². The lowest BCUT2D eigenvalue weighted by Gasteiger charge is -2.17. The summed E-state index contributed by atoms with van der Waals surface area (Å²) < 4.78 is 21.5. The van der Waals surface area contributed by atoms with E-state index in [-0.39, 0.29) is 12.5 Å². The first-order valence-electron chi connectivity index (χ1n) is 9.53. The molecule has 0 aromatic heterocycles. The topological polar surface area (TPSA) is 86.3 Å². The van der Waals surface area contributed by atoms with Crippen LogP contribution >= 0.6 is 0 Å². The van der Waals surface area contributed by atoms with Crippen LogP contribution in [0.15, 0.2) is 36.4 Å². The fraction of sp³-hybridized carbons (Fsp3) is 0.409. The van der Waals surface area contributed by atoms with Crippen molar-refractivity contribution in [1.29, 1.82) is 0 Å². The molecule has 0 saturated carbocycles. The Bertz CT molecular complexity index is 808. The number of carbonyl (C=O) groups excluding carboxylic acids is 1. The molecule has 2 rings (SSSR count). The van der Waals surface area contributed by atoms with E-state index in [2.05, 4.69) is 12.2 Å². The van der Waals surface area contributed by atoms with Crippen LogP contribution < -0.4 is 24.3 Å². The number of aliphatic hydroxyl groups excluding tert-OH is 1. The van der Waals surface area contributed by atoms with Crippen molar-refractivity contribution in [2.45, 2.75) is 25.9 Å². The van der Waals surface area contributed by atoms with Gasteiger partial charge in [-0.15, -0.1) is 0 Å². The van der Waals surface area contributed by atoms with Crippen LogP contribution in [-0.4, -0.2) is 45.5 Å². The molecule has 0 aliphatic rings. The molecule has 0 aliphatic heterocycles. The first-order chi connectivity index (χ1) is 14.0. The number of aliphatic hydroxyl groups is 1. The molecule has 0 spiro atoms. The normalized spacial score (nSPS) is 11.5. The molecule has 2 aromatic rings. The summed E-state index contributed by atoms with van der Waals surface area (Å²) in [5.41, 5.74) is 0.943. The number of hydrogen-bond donors (Lipinski definition) is 2. The Balaban J connectivity index is 2.05. The van der Waals surface area contributed by atoms with Crippen molar-refractivity contribution in [3.05, 3.63) is 47.5 Å². The third-order valence-electron chi connectivity index (χ3n) is 4.43. The van der Waals surface area contributed by atoms with Gasteiger partial charge in [0.2, 0.25) is 0 Å². The molecule has 1 amide bonds. The molecule has 7 heteroatoms. The molecular weight excluding hydrogens is 374 g/mol. The van der Waals surface area contributed by atoms with Crippen LogP contribution in [0.25, 0.3) is 0 Å². The Labute approximate surface area is 171 Å². The number of methoxy groups -OCH3 is 3. The maximum Gasteiger partial charge on any atom is 0.251 e. The van der Waals surface area contributed by atoms with Crippen LogP contribution in [0.4, 0.5) is 0 Å². The van der Waals surface area contributed by atoms with Crippen molar-refractivity contribution in [1.82, 2.24) is 5.32 Å². The van der Waals surface area contributed by atoms with Gasteiger partial charge in [-0.05, 0) is 42.8 Å². The van der Waals surface area contributed by atoms with Gasteiger partial charge < -0.3 is 29.4 Å². The number of unbranched alkanes of at least 4 members (excludes halogenated alkanes) is 1. The van der Waals surface area contributed by atoms with E-state index in [4.69, 9.17) is 18.9 Å². The van der Waals surface area contributed by atoms with Gasteiger partial charge in [0.1, 0.15) is 17.6 Å². The Morgan fingerprint density at radius 1 is 1.00 bits per heavy atom. The van der Waals surface area contributed by atoms with Crippen LogP contribution in [-0.2, 0) is 0 Å². The lowest BCUT2D eigenvalue weighted by Crippen LogP contribution is -2.28. The summed E-state index contributed by atoms with van der Waals surface area (Å²) >= 11 is 0. The summed E-state index contributed by atoms with van der Waals surface area (Å²) in [7, 11) is 4.60. The van der Waals surface area contributed by atoms with Crippen LogP contribution in [0, 0.1) is 0 Å². The summed E-state index contributed by atoms with van der Waals surface area (Å²) in [6, 6.07) is 10.1. The maximum absolute atomic E-state index is 12.5. The quantitative estimate of drug-likeness (QED) is 0.560. The second kappa shape index (κ2) is 11.2. The predicted molar refractivity (Wildman–Crippen MR) is 110 cm³/mol. The summed E-state index contributed by atoms with van der Waals surface area (Å²) in [5.74, 6) is 1.86. The second-order valence-electron chi connectivity index (χ2n) is 6.40. The van der Waals surface area contributed by atoms with Gasteiger partial charge in [-0.1, -0.05) is 13.3 Å². The number of carbonyl (C=O) groups is 1. The largest absolute Gasteiger partial charge is 0.497 e. The number of nitrogens with one attached hydrogen (secondary N) is 1. The van der Waals surface area contributed by atoms with E-state index in [1.165, 1.54) is 14.2 Å². The molecule has 7 nitrogen and oxygen atoms in total. The lowest BCUT2D eigenvalue weighted by molar-refractivity contribution is 0.0914. The van der Waals surface area contributed by atoms with Crippen LogP contribution in [0.1, 0.15) is 41.8 Å². The zero-order chi connectivity index (χ0) is 21.2. The van der Waals surface area contributed by atoms with E-state index in [9.17, 15) is 9.90 Å². The highest BCUT2D eigenvalue weighted by Gasteiger charge is 2.17. The van der Waals surface area contributed by atoms with E-state index in [1.54, 1.807) is 43.5 Å². The van der Waals surface area contributed by atoms with Crippen LogP contribution in [0.5, 0.6) is 23.0 Å². The highest BCUT2D eigenvalue weighted by molar-refractivity contribution is 5.94. The minimum absolute atomic E-state index is 0.0133. The number of rotatable bonds is 11. The number of hydrogen-bond acceptors (Lipinski definition) is 6. The predicted octanol–water partition coefficient (Wildman–Crippen LogP) is 3.35. The zero-order valence-corrected chi connectivity index (χ0v) is 17.4. The maximum atomic E-state index is 12.5. The van der Waals surface area contributed by atoms with Crippen molar-refractivity contribution in [3.8, 4) is 23.0 Å². The van der Waals surface area contributed by atoms with Crippen molar-refractivity contribution >= 4 is 5.91 Å². The van der Waals surface area contributed by atoms with E-state index in [1.807, 2.05) is 0 Å². The standard InChI is InChI=1S/C22H29NO6/c1-5-6-11-29-20-9-7-15(12-21(20)28-4)22(25)23-14-18(24)17-13-16(26-2)8-10-19(17)27-3/h7-10,12-13,18,24H,5-6,11,14H2,1-4H3,(H,23,25). The second-order valence-corrected chi connectivity index (χ2v) is 6.40. The molecule has 1 atom stereocenters. The van der Waals surface area contributed by atoms with E-state index < -0.39 is 6.10 Å². The average Bonchev–Trinajstić information content (AvgIpc) is 2.76. The zero-order valence-electron chi connectivity index (χ0n) is 17.4. The highest BCUT2D eigenvalue weighted by Crippen LogP contribution is 2.30. The SMILES string of the molecule is CCCCOc1ccc(C(=O)NCC(O)c2cc(OC)ccc2OC)cc1OC. The molecule has 158 valence electrons. The first kappa shape index (κ1) is 22.4. The van der Waals surface area contributed by atoms with Crippen molar-refractivity contribution < 1.29 is 28.8 Å². The summed E-state index contributed by atoms with van der Waals surface area (Å²) in [6.07, 6.45) is 1.02. The lowest BCUT2D eigenvalue weighted by atomic mass is 10.1. The number of ether oxygens (including phenoxy) is 4. The third kappa shape index (κ3) is 6.02. The molecule has 29 heavy (non-hydrogen) atoms. The minimum Gasteiger partial charge on any atom is -0.497 e. The molecule has 0 aliphatic carbocycles. The monoisotopic (exact) mass is 403 g/mol. The van der Waals surface area contributed by atoms with E-state index in [0.29, 0.717) is 40.7 Å². The minimum atomic E-state index is -0.956. The summed E-state index contributed by atoms with van der Waals surface area (Å²) in [5, 5.41) is 13.2. The molecule has 0 fully saturated rings. The van der Waals surface area contributed by atoms with Gasteiger partial charge in [0.25, 0.3) is 5.91 Å². The average molecular weight is 403 g/mol. The number of amides is 1. The molecule has 0 radical (unpaired) electrons. The Kier molecular flexibility index (Phi) is 8.61. The molecule has 0 saturated heterocycles. The van der Waals surface area contributed by atoms with Gasteiger partial charge in [0, 0.05) is 17.7 Å². The van der Waals surface area contributed by atoms with Gasteiger partial charge in [0.15, 0.2) is 11.5 Å². The Morgan fingerprint density at radius 3 is 2.38 bits per heavy atom. The smallest absolute Gasteiger partial charge is 0.251 e. The Morgan fingerprint density at radius 2 is 1.72 bits per heavy atom. The van der Waals surface area contributed by atoms with Gasteiger partial charge in [-0.2, -0.15) is 0 Å². The Hall–Kier alpha value is -2.93. The van der Waals surface area contributed by atoms with Crippen LogP contribution in [0.3, 0.4) is 0 Å². The van der Waals surface area contributed by atoms with Crippen molar-refractivity contribution in [2.75, 3.05) is 34.5 Å². The highest BCUT2D eigenvalue weighted by atomic mass is 16.5. The fourth-order valence-electron chi connectivity index (χ4n) is 2.76. The molecule has 1 unspecified atom stereocenters. The van der Waals surface area contributed by atoms with E-state index in [0.717, 1.165) is 12.8 Å². The van der Waals surface area contributed by atoms with E-state index >= 15 is 0 Å². The summed E-state index contributed by atoms with van der Waals surface area (Å²) in [6.45, 7) is 2.69. The number of benzene rings is 2. The first-order valence-corrected chi connectivity index (χ1v) is 9.53. The summed E-state index contributed by atoms with van der Waals surface area (Å²) in [4.78, 5) is 12.5. The van der Waals surface area contributed by atoms with Gasteiger partial charge in [-0.25, -0.2) is 0 Å². The van der Waals surface area contributed by atoms with Gasteiger partial charge in [0.05, 0.1) is 27.9 Å². The fourth-order valence-corrected chi connectivity index (χ4v) is 2.76. The molecule has 2 aromatic carbocycles.